The number of carboxylic acids is 4. The molecule has 0 heterocycles. The van der Waals surface area contributed by atoms with Gasteiger partial charge in [-0.15, -0.1) is 0 Å². The molecule has 0 spiro atoms. The Morgan fingerprint density at radius 3 is 1.06 bits per heavy atom. The van der Waals surface area contributed by atoms with E-state index in [1.54, 1.807) is 6.92 Å². The topological polar surface area (TPSA) is 149 Å². The molecule has 0 saturated carbocycles. The number of hydrogen-bond acceptors (Lipinski definition) is 4. The first-order valence-electron chi connectivity index (χ1n) is 4.47. The highest BCUT2D eigenvalue weighted by atomic mass is 16.4. The van der Waals surface area contributed by atoms with E-state index >= 15 is 0 Å². The molecule has 0 aliphatic carbocycles. The SMILES string of the molecule is C=CC(=O)O.CC(=O)O.CC(=O)O.CCC(=O)O. The molecule has 0 amide bonds. The Hall–Kier alpha value is -2.38. The lowest BCUT2D eigenvalue weighted by molar-refractivity contribution is -0.137. The van der Waals surface area contributed by atoms with E-state index in [4.69, 9.17) is 30.0 Å². The molecule has 8 nitrogen and oxygen atoms in total. The van der Waals surface area contributed by atoms with Gasteiger partial charge in [-0.1, -0.05) is 13.5 Å². The average Bonchev–Trinajstić information content (AvgIpc) is 2.16. The molecule has 106 valence electrons. The minimum absolute atomic E-state index is 0.222. The van der Waals surface area contributed by atoms with Crippen LogP contribution < -0.4 is 0 Å². The number of carbonyl (C=O) groups is 4. The van der Waals surface area contributed by atoms with Crippen molar-refractivity contribution in [2.24, 2.45) is 0 Å². The number of aliphatic carboxylic acids is 4. The highest BCUT2D eigenvalue weighted by Gasteiger charge is 1.80. The lowest BCUT2D eigenvalue weighted by atomic mass is 10.5. The molecule has 0 bridgehead atoms. The van der Waals surface area contributed by atoms with E-state index in [0.29, 0.717) is 0 Å². The van der Waals surface area contributed by atoms with Crippen molar-refractivity contribution in [3.8, 4) is 0 Å². The molecule has 4 N–H and O–H groups in total. The largest absolute Gasteiger partial charge is 0.481 e. The maximum absolute atomic E-state index is 9.37. The van der Waals surface area contributed by atoms with Gasteiger partial charge in [-0.25, -0.2) is 4.79 Å². The van der Waals surface area contributed by atoms with Crippen LogP contribution in [0.2, 0.25) is 0 Å². The molecule has 0 atom stereocenters. The molecule has 0 unspecified atom stereocenters. The zero-order chi connectivity index (χ0) is 15.7. The van der Waals surface area contributed by atoms with Crippen molar-refractivity contribution in [2.45, 2.75) is 27.2 Å². The third kappa shape index (κ3) is 827. The van der Waals surface area contributed by atoms with Crippen LogP contribution in [0.15, 0.2) is 12.7 Å². The highest BCUT2D eigenvalue weighted by Crippen LogP contribution is 1.67. The van der Waals surface area contributed by atoms with E-state index in [9.17, 15) is 9.59 Å². The summed E-state index contributed by atoms with van der Waals surface area (Å²) in [5.74, 6) is -3.39. The van der Waals surface area contributed by atoms with E-state index < -0.39 is 23.9 Å². The van der Waals surface area contributed by atoms with Gasteiger partial charge in [-0.2, -0.15) is 0 Å². The van der Waals surface area contributed by atoms with Gasteiger partial charge < -0.3 is 20.4 Å². The van der Waals surface area contributed by atoms with Crippen LogP contribution in [-0.4, -0.2) is 44.3 Å². The Labute approximate surface area is 104 Å². The van der Waals surface area contributed by atoms with E-state index in [1.165, 1.54) is 0 Å². The fourth-order valence-electron chi connectivity index (χ4n) is 0. The summed E-state index contributed by atoms with van der Waals surface area (Å²) in [6, 6.07) is 0. The van der Waals surface area contributed by atoms with Crippen molar-refractivity contribution < 1.29 is 39.6 Å². The first-order valence-corrected chi connectivity index (χ1v) is 4.47. The quantitative estimate of drug-likeness (QED) is 0.539. The fraction of sp³-hybridized carbons (Fsp3) is 0.400. The van der Waals surface area contributed by atoms with Crippen molar-refractivity contribution >= 4 is 23.9 Å². The van der Waals surface area contributed by atoms with Gasteiger partial charge in [0, 0.05) is 26.3 Å². The lowest BCUT2D eigenvalue weighted by Crippen LogP contribution is -1.86. The molecule has 0 aromatic heterocycles. The van der Waals surface area contributed by atoms with Gasteiger partial charge >= 0.3 is 11.9 Å². The van der Waals surface area contributed by atoms with Gasteiger partial charge in [0.1, 0.15) is 0 Å². The summed E-state index contributed by atoms with van der Waals surface area (Å²) in [5, 5.41) is 30.2. The first kappa shape index (κ1) is 24.7. The third-order valence-corrected chi connectivity index (χ3v) is 0.477. The molecule has 18 heavy (non-hydrogen) atoms. The predicted molar refractivity (Wildman–Crippen MR) is 62.4 cm³/mol. The summed E-state index contributed by atoms with van der Waals surface area (Å²) in [6.45, 7) is 6.73. The second-order valence-electron chi connectivity index (χ2n) is 2.33. The fourth-order valence-corrected chi connectivity index (χ4v) is 0. The third-order valence-electron chi connectivity index (χ3n) is 0.477. The molecule has 0 fully saturated rings. The summed E-state index contributed by atoms with van der Waals surface area (Å²) in [7, 11) is 0. The molecule has 0 aromatic rings. The molecule has 0 radical (unpaired) electrons. The Balaban J connectivity index is -0.0000000731. The van der Waals surface area contributed by atoms with Crippen molar-refractivity contribution in [3.05, 3.63) is 12.7 Å². The Kier molecular flexibility index (Phi) is 27.6. The minimum atomic E-state index is -0.981. The smallest absolute Gasteiger partial charge is 0.327 e. The lowest BCUT2D eigenvalue weighted by Gasteiger charge is -1.71. The number of rotatable bonds is 2. The van der Waals surface area contributed by atoms with Crippen molar-refractivity contribution in [3.63, 3.8) is 0 Å². The molecule has 8 heteroatoms. The molecule has 0 aromatic carbocycles. The average molecular weight is 266 g/mol. The standard InChI is InChI=1S/C3H6O2.C3H4O2.2C2H4O2/c2*1-2-3(4)5;2*1-2(3)4/h2H2,1H3,(H,4,5);2H,1H2,(H,4,5);2*1H3,(H,3,4). The first-order chi connectivity index (χ1) is 8.00. The second kappa shape index (κ2) is 20.1. The highest BCUT2D eigenvalue weighted by molar-refractivity contribution is 5.78. The molecule has 0 rings (SSSR count). The van der Waals surface area contributed by atoms with Crippen LogP contribution in [0.25, 0.3) is 0 Å². The van der Waals surface area contributed by atoms with Crippen molar-refractivity contribution in [1.29, 1.82) is 0 Å². The summed E-state index contributed by atoms with van der Waals surface area (Å²) in [4.78, 5) is 36.6. The number of carboxylic acid groups (broad SMARTS) is 4. The van der Waals surface area contributed by atoms with Crippen LogP contribution in [-0.2, 0) is 19.2 Å². The van der Waals surface area contributed by atoms with Gasteiger partial charge in [-0.05, 0) is 0 Å². The van der Waals surface area contributed by atoms with Crippen LogP contribution >= 0.6 is 0 Å². The number of hydrogen-bond donors (Lipinski definition) is 4. The summed E-state index contributed by atoms with van der Waals surface area (Å²) < 4.78 is 0. The van der Waals surface area contributed by atoms with Crippen LogP contribution in [0.3, 0.4) is 0 Å². The normalized spacial score (nSPS) is 6.61. The van der Waals surface area contributed by atoms with E-state index in [1.807, 2.05) is 0 Å². The molecular weight excluding hydrogens is 248 g/mol. The Morgan fingerprint density at radius 1 is 0.944 bits per heavy atom. The maximum Gasteiger partial charge on any atom is 0.327 e. The van der Waals surface area contributed by atoms with Crippen LogP contribution in [0.1, 0.15) is 27.2 Å². The molecule has 0 aliphatic heterocycles. The van der Waals surface area contributed by atoms with E-state index in [2.05, 4.69) is 6.58 Å². The van der Waals surface area contributed by atoms with E-state index in [-0.39, 0.29) is 6.42 Å². The van der Waals surface area contributed by atoms with Crippen LogP contribution in [0.4, 0.5) is 0 Å². The van der Waals surface area contributed by atoms with Gasteiger partial charge in [-0.3, -0.25) is 14.4 Å². The van der Waals surface area contributed by atoms with E-state index in [0.717, 1.165) is 19.9 Å². The molecular formula is C10H18O8. The summed E-state index contributed by atoms with van der Waals surface area (Å²) in [5.41, 5.74) is 0. The van der Waals surface area contributed by atoms with Crippen molar-refractivity contribution in [2.75, 3.05) is 0 Å². The monoisotopic (exact) mass is 266 g/mol. The second-order valence-corrected chi connectivity index (χ2v) is 2.33. The summed E-state index contributed by atoms with van der Waals surface area (Å²) >= 11 is 0. The van der Waals surface area contributed by atoms with Crippen LogP contribution in [0, 0.1) is 0 Å². The van der Waals surface area contributed by atoms with Crippen LogP contribution in [0.5, 0.6) is 0 Å². The predicted octanol–water partition coefficient (Wildman–Crippen LogP) is 0.920. The summed E-state index contributed by atoms with van der Waals surface area (Å²) in [6.07, 6.45) is 1.06. The zero-order valence-corrected chi connectivity index (χ0v) is 10.4. The zero-order valence-electron chi connectivity index (χ0n) is 10.4. The Morgan fingerprint density at radius 2 is 1.06 bits per heavy atom. The van der Waals surface area contributed by atoms with Gasteiger partial charge in [0.25, 0.3) is 11.9 Å². The van der Waals surface area contributed by atoms with Crippen molar-refractivity contribution in [1.82, 2.24) is 0 Å². The Bertz CT molecular complexity index is 249. The van der Waals surface area contributed by atoms with Gasteiger partial charge in [0.15, 0.2) is 0 Å². The van der Waals surface area contributed by atoms with Gasteiger partial charge in [0.05, 0.1) is 0 Å². The minimum Gasteiger partial charge on any atom is -0.481 e. The molecule has 0 saturated heterocycles. The van der Waals surface area contributed by atoms with Gasteiger partial charge in [0.2, 0.25) is 0 Å². The molecule has 0 aliphatic rings. The maximum atomic E-state index is 9.37.